The molecule has 5 heteroatoms. The summed E-state index contributed by atoms with van der Waals surface area (Å²) in [6.45, 7) is 3.52. The number of nitrogens with zero attached hydrogens (tertiary/aromatic N) is 1. The van der Waals surface area contributed by atoms with Gasteiger partial charge in [0, 0.05) is 6.07 Å². The lowest BCUT2D eigenvalue weighted by atomic mass is 10.3. The van der Waals surface area contributed by atoms with E-state index in [1.165, 1.54) is 12.1 Å². The number of aromatic nitrogens is 1. The highest BCUT2D eigenvalue weighted by atomic mass is 35.5. The van der Waals surface area contributed by atoms with Gasteiger partial charge in [-0.1, -0.05) is 18.5 Å². The van der Waals surface area contributed by atoms with Crippen LogP contribution in [0, 0.1) is 5.82 Å². The van der Waals surface area contributed by atoms with Gasteiger partial charge in [-0.3, -0.25) is 0 Å². The second kappa shape index (κ2) is 4.80. The SMILES string of the molecule is CCCNCc1nc2cc(Cl)c(F)cc2o1. The van der Waals surface area contributed by atoms with Crippen LogP contribution in [0.2, 0.25) is 5.02 Å². The molecule has 86 valence electrons. The number of benzene rings is 1. The summed E-state index contributed by atoms with van der Waals surface area (Å²) in [5.74, 6) is 0.0588. The molecule has 1 aromatic carbocycles. The van der Waals surface area contributed by atoms with Gasteiger partial charge in [-0.25, -0.2) is 9.37 Å². The first-order valence-electron chi connectivity index (χ1n) is 5.16. The van der Waals surface area contributed by atoms with Gasteiger partial charge in [-0.2, -0.15) is 0 Å². The Morgan fingerprint density at radius 2 is 2.31 bits per heavy atom. The second-order valence-corrected chi connectivity index (χ2v) is 3.93. The minimum atomic E-state index is -0.488. The Labute approximate surface area is 97.6 Å². The van der Waals surface area contributed by atoms with E-state index in [1.807, 2.05) is 0 Å². The molecule has 1 aromatic heterocycles. The summed E-state index contributed by atoms with van der Waals surface area (Å²) in [4.78, 5) is 4.21. The van der Waals surface area contributed by atoms with Crippen LogP contribution < -0.4 is 5.32 Å². The molecule has 0 radical (unpaired) electrons. The number of hydrogen-bond acceptors (Lipinski definition) is 3. The first-order chi connectivity index (χ1) is 7.70. The summed E-state index contributed by atoms with van der Waals surface area (Å²) in [5.41, 5.74) is 1.01. The van der Waals surface area contributed by atoms with Crippen LogP contribution in [0.3, 0.4) is 0 Å². The molecule has 0 saturated heterocycles. The fourth-order valence-electron chi connectivity index (χ4n) is 1.42. The van der Waals surface area contributed by atoms with Crippen LogP contribution in [0.15, 0.2) is 16.5 Å². The van der Waals surface area contributed by atoms with Crippen molar-refractivity contribution < 1.29 is 8.81 Å². The monoisotopic (exact) mass is 242 g/mol. The Morgan fingerprint density at radius 1 is 1.50 bits per heavy atom. The number of hydrogen-bond donors (Lipinski definition) is 1. The average molecular weight is 243 g/mol. The molecule has 0 atom stereocenters. The van der Waals surface area contributed by atoms with E-state index >= 15 is 0 Å². The van der Waals surface area contributed by atoms with Gasteiger partial charge in [-0.05, 0) is 19.0 Å². The van der Waals surface area contributed by atoms with Gasteiger partial charge in [-0.15, -0.1) is 0 Å². The van der Waals surface area contributed by atoms with Gasteiger partial charge in [0.2, 0.25) is 5.89 Å². The lowest BCUT2D eigenvalue weighted by molar-refractivity contribution is 0.494. The maximum atomic E-state index is 13.1. The van der Waals surface area contributed by atoms with E-state index in [1.54, 1.807) is 0 Å². The highest BCUT2D eigenvalue weighted by Crippen LogP contribution is 2.23. The van der Waals surface area contributed by atoms with Crippen molar-refractivity contribution in [1.82, 2.24) is 10.3 Å². The maximum absolute atomic E-state index is 13.1. The van der Waals surface area contributed by atoms with Crippen molar-refractivity contribution in [3.05, 3.63) is 28.9 Å². The van der Waals surface area contributed by atoms with E-state index in [2.05, 4.69) is 17.2 Å². The zero-order chi connectivity index (χ0) is 11.5. The van der Waals surface area contributed by atoms with E-state index in [0.29, 0.717) is 23.5 Å². The molecule has 2 rings (SSSR count). The Hall–Kier alpha value is -1.13. The molecule has 3 nitrogen and oxygen atoms in total. The first-order valence-corrected chi connectivity index (χ1v) is 5.53. The third-order valence-corrected chi connectivity index (χ3v) is 2.47. The summed E-state index contributed by atoms with van der Waals surface area (Å²) in [6.07, 6.45) is 1.04. The molecule has 0 fully saturated rings. The number of fused-ring (bicyclic) bond motifs is 1. The number of oxazole rings is 1. The Bertz CT molecular complexity index is 459. The standard InChI is InChI=1S/C11H12ClFN2O/c1-2-3-14-6-11-15-9-4-7(12)8(13)5-10(9)16-11/h4-5,14H,2-3,6H2,1H3. The largest absolute Gasteiger partial charge is 0.439 e. The quantitative estimate of drug-likeness (QED) is 0.838. The summed E-state index contributed by atoms with van der Waals surface area (Å²) in [6, 6.07) is 2.73. The maximum Gasteiger partial charge on any atom is 0.209 e. The molecule has 0 bridgehead atoms. The smallest absolute Gasteiger partial charge is 0.209 e. The Kier molecular flexibility index (Phi) is 3.41. The predicted molar refractivity (Wildman–Crippen MR) is 61.0 cm³/mol. The Morgan fingerprint density at radius 3 is 3.06 bits per heavy atom. The molecule has 0 saturated carbocycles. The molecule has 1 heterocycles. The highest BCUT2D eigenvalue weighted by molar-refractivity contribution is 6.31. The van der Waals surface area contributed by atoms with Gasteiger partial charge >= 0.3 is 0 Å². The molecule has 0 amide bonds. The highest BCUT2D eigenvalue weighted by Gasteiger charge is 2.09. The third kappa shape index (κ3) is 2.33. The third-order valence-electron chi connectivity index (χ3n) is 2.18. The van der Waals surface area contributed by atoms with Gasteiger partial charge in [0.05, 0.1) is 11.6 Å². The normalized spacial score (nSPS) is 11.2. The summed E-state index contributed by atoms with van der Waals surface area (Å²) in [7, 11) is 0. The van der Waals surface area contributed by atoms with Gasteiger partial charge in [0.25, 0.3) is 0 Å². The molecule has 16 heavy (non-hydrogen) atoms. The van der Waals surface area contributed by atoms with Gasteiger partial charge in [0.1, 0.15) is 11.3 Å². The van der Waals surface area contributed by atoms with Crippen LogP contribution in [0.1, 0.15) is 19.2 Å². The minimum absolute atomic E-state index is 0.0638. The fraction of sp³-hybridized carbons (Fsp3) is 0.364. The van der Waals surface area contributed by atoms with Crippen molar-refractivity contribution in [2.45, 2.75) is 19.9 Å². The lowest BCUT2D eigenvalue weighted by Crippen LogP contribution is -2.13. The lowest BCUT2D eigenvalue weighted by Gasteiger charge is -1.96. The molecular formula is C11H12ClFN2O. The molecule has 1 N–H and O–H groups in total. The van der Waals surface area contributed by atoms with Crippen molar-refractivity contribution in [3.63, 3.8) is 0 Å². The predicted octanol–water partition coefficient (Wildman–Crippen LogP) is 3.12. The molecule has 0 spiro atoms. The van der Waals surface area contributed by atoms with Crippen LogP contribution in [0.25, 0.3) is 11.1 Å². The fourth-order valence-corrected chi connectivity index (χ4v) is 1.58. The van der Waals surface area contributed by atoms with Crippen LogP contribution >= 0.6 is 11.6 Å². The topological polar surface area (TPSA) is 38.1 Å². The van der Waals surface area contributed by atoms with E-state index in [4.69, 9.17) is 16.0 Å². The van der Waals surface area contributed by atoms with Crippen LogP contribution in [0.5, 0.6) is 0 Å². The molecular weight excluding hydrogens is 231 g/mol. The average Bonchev–Trinajstić information content (AvgIpc) is 2.61. The van der Waals surface area contributed by atoms with Crippen molar-refractivity contribution in [1.29, 1.82) is 0 Å². The molecule has 0 unspecified atom stereocenters. The number of nitrogens with one attached hydrogen (secondary N) is 1. The van der Waals surface area contributed by atoms with Crippen LogP contribution in [-0.4, -0.2) is 11.5 Å². The van der Waals surface area contributed by atoms with Crippen LogP contribution in [0.4, 0.5) is 4.39 Å². The van der Waals surface area contributed by atoms with Crippen molar-refractivity contribution in [3.8, 4) is 0 Å². The number of rotatable bonds is 4. The van der Waals surface area contributed by atoms with E-state index in [9.17, 15) is 4.39 Å². The molecule has 0 aliphatic carbocycles. The zero-order valence-electron chi connectivity index (χ0n) is 8.89. The van der Waals surface area contributed by atoms with E-state index in [0.717, 1.165) is 13.0 Å². The van der Waals surface area contributed by atoms with Crippen LogP contribution in [-0.2, 0) is 6.54 Å². The summed E-state index contributed by atoms with van der Waals surface area (Å²) >= 11 is 5.65. The van der Waals surface area contributed by atoms with Crippen molar-refractivity contribution >= 4 is 22.7 Å². The zero-order valence-corrected chi connectivity index (χ0v) is 9.64. The second-order valence-electron chi connectivity index (χ2n) is 3.52. The van der Waals surface area contributed by atoms with Gasteiger partial charge in [0.15, 0.2) is 5.58 Å². The number of halogens is 2. The Balaban J connectivity index is 2.23. The molecule has 2 aromatic rings. The molecule has 0 aliphatic heterocycles. The summed E-state index contributed by atoms with van der Waals surface area (Å²) in [5, 5.41) is 3.22. The first kappa shape index (κ1) is 11.4. The van der Waals surface area contributed by atoms with Gasteiger partial charge < -0.3 is 9.73 Å². The summed E-state index contributed by atoms with van der Waals surface area (Å²) < 4.78 is 18.5. The minimum Gasteiger partial charge on any atom is -0.439 e. The van der Waals surface area contributed by atoms with E-state index in [-0.39, 0.29) is 5.02 Å². The van der Waals surface area contributed by atoms with Crippen molar-refractivity contribution in [2.24, 2.45) is 0 Å². The molecule has 0 aliphatic rings. The van der Waals surface area contributed by atoms with Crippen molar-refractivity contribution in [2.75, 3.05) is 6.54 Å². The van der Waals surface area contributed by atoms with E-state index < -0.39 is 5.82 Å².